The van der Waals surface area contributed by atoms with Crippen LogP contribution in [-0.4, -0.2) is 25.3 Å². The standard InChI is InChI=1S/C20H20O4/c21-19(24-13-16-6-3-4-10-22-16)11-15-12-23-18-9-8-14-5-1-2-7-17(14)20(15)18/h1-2,5,7-9,12,16H,3-4,6,10-11,13H2. The van der Waals surface area contributed by atoms with Crippen LogP contribution in [0, 0.1) is 0 Å². The molecular weight excluding hydrogens is 304 g/mol. The number of rotatable bonds is 4. The molecule has 4 rings (SSSR count). The summed E-state index contributed by atoms with van der Waals surface area (Å²) in [6.07, 6.45) is 5.12. The molecule has 0 spiro atoms. The van der Waals surface area contributed by atoms with E-state index in [1.807, 2.05) is 24.3 Å². The molecule has 4 heteroatoms. The molecule has 0 saturated carbocycles. The van der Waals surface area contributed by atoms with Crippen LogP contribution in [-0.2, 0) is 20.7 Å². The van der Waals surface area contributed by atoms with Gasteiger partial charge in [-0.1, -0.05) is 30.3 Å². The second kappa shape index (κ2) is 6.65. The van der Waals surface area contributed by atoms with E-state index in [9.17, 15) is 4.79 Å². The van der Waals surface area contributed by atoms with Crippen LogP contribution in [0.4, 0.5) is 0 Å². The SMILES string of the molecule is O=C(Cc1coc2ccc3ccccc3c12)OCC1CCCCO1. The summed E-state index contributed by atoms with van der Waals surface area (Å²) in [4.78, 5) is 12.2. The highest BCUT2D eigenvalue weighted by molar-refractivity contribution is 6.08. The Balaban J connectivity index is 1.51. The Morgan fingerprint density at radius 3 is 2.96 bits per heavy atom. The Labute approximate surface area is 140 Å². The van der Waals surface area contributed by atoms with Crippen molar-refractivity contribution in [3.8, 4) is 0 Å². The lowest BCUT2D eigenvalue weighted by atomic mass is 10.0. The summed E-state index contributed by atoms with van der Waals surface area (Å²) in [5, 5.41) is 3.23. The summed E-state index contributed by atoms with van der Waals surface area (Å²) in [6.45, 7) is 1.11. The first-order valence-corrected chi connectivity index (χ1v) is 8.46. The molecular formula is C20H20O4. The molecule has 3 aromatic rings. The van der Waals surface area contributed by atoms with Crippen molar-refractivity contribution in [3.63, 3.8) is 0 Å². The Hall–Kier alpha value is -2.33. The Bertz CT molecular complexity index is 858. The largest absolute Gasteiger partial charge is 0.464 e. The molecule has 0 aliphatic carbocycles. The smallest absolute Gasteiger partial charge is 0.310 e. The summed E-state index contributed by atoms with van der Waals surface area (Å²) < 4.78 is 16.6. The summed E-state index contributed by atoms with van der Waals surface area (Å²) in [7, 11) is 0. The predicted octanol–water partition coefficient (Wildman–Crippen LogP) is 4.24. The second-order valence-electron chi connectivity index (χ2n) is 6.27. The van der Waals surface area contributed by atoms with Crippen LogP contribution < -0.4 is 0 Å². The number of benzene rings is 2. The number of hydrogen-bond acceptors (Lipinski definition) is 4. The van der Waals surface area contributed by atoms with Gasteiger partial charge in [0.25, 0.3) is 0 Å². The first kappa shape index (κ1) is 15.2. The number of hydrogen-bond donors (Lipinski definition) is 0. The molecule has 2 aromatic carbocycles. The van der Waals surface area contributed by atoms with E-state index < -0.39 is 0 Å². The van der Waals surface area contributed by atoms with Gasteiger partial charge in [0.15, 0.2) is 0 Å². The van der Waals surface area contributed by atoms with E-state index in [1.165, 1.54) is 0 Å². The van der Waals surface area contributed by atoms with Crippen LogP contribution >= 0.6 is 0 Å². The number of carbonyl (C=O) groups is 1. The van der Waals surface area contributed by atoms with Gasteiger partial charge < -0.3 is 13.9 Å². The van der Waals surface area contributed by atoms with E-state index in [4.69, 9.17) is 13.9 Å². The average Bonchev–Trinajstić information content (AvgIpc) is 3.04. The van der Waals surface area contributed by atoms with Crippen LogP contribution in [0.25, 0.3) is 21.7 Å². The fraction of sp³-hybridized carbons (Fsp3) is 0.350. The van der Waals surface area contributed by atoms with Crippen molar-refractivity contribution < 1.29 is 18.7 Å². The molecule has 1 aliphatic heterocycles. The molecule has 4 nitrogen and oxygen atoms in total. The van der Waals surface area contributed by atoms with E-state index >= 15 is 0 Å². The molecule has 0 radical (unpaired) electrons. The lowest BCUT2D eigenvalue weighted by Crippen LogP contribution is -2.26. The third-order valence-corrected chi connectivity index (χ3v) is 4.58. The molecule has 1 aliphatic rings. The third-order valence-electron chi connectivity index (χ3n) is 4.58. The van der Waals surface area contributed by atoms with E-state index in [0.717, 1.165) is 53.2 Å². The molecule has 0 amide bonds. The fourth-order valence-corrected chi connectivity index (χ4v) is 3.34. The van der Waals surface area contributed by atoms with E-state index in [2.05, 4.69) is 12.1 Å². The maximum absolute atomic E-state index is 12.2. The van der Waals surface area contributed by atoms with Gasteiger partial charge in [0.1, 0.15) is 12.2 Å². The lowest BCUT2D eigenvalue weighted by Gasteiger charge is -2.22. The van der Waals surface area contributed by atoms with Crippen LogP contribution in [0.1, 0.15) is 24.8 Å². The second-order valence-corrected chi connectivity index (χ2v) is 6.27. The number of carbonyl (C=O) groups excluding carboxylic acids is 1. The lowest BCUT2D eigenvalue weighted by molar-refractivity contribution is -0.148. The van der Waals surface area contributed by atoms with Gasteiger partial charge >= 0.3 is 5.97 Å². The minimum Gasteiger partial charge on any atom is -0.464 e. The maximum atomic E-state index is 12.2. The summed E-state index contributed by atoms with van der Waals surface area (Å²) in [5.74, 6) is -0.236. The Morgan fingerprint density at radius 2 is 2.08 bits per heavy atom. The maximum Gasteiger partial charge on any atom is 0.310 e. The quantitative estimate of drug-likeness (QED) is 0.674. The zero-order valence-corrected chi connectivity index (χ0v) is 13.5. The molecule has 2 heterocycles. The predicted molar refractivity (Wildman–Crippen MR) is 92.0 cm³/mol. The van der Waals surface area contributed by atoms with Crippen molar-refractivity contribution in [1.29, 1.82) is 0 Å². The van der Waals surface area contributed by atoms with Crippen molar-refractivity contribution in [2.24, 2.45) is 0 Å². The van der Waals surface area contributed by atoms with E-state index in [1.54, 1.807) is 6.26 Å². The molecule has 1 atom stereocenters. The van der Waals surface area contributed by atoms with Crippen LogP contribution in [0.3, 0.4) is 0 Å². The van der Waals surface area contributed by atoms with Crippen molar-refractivity contribution in [2.75, 3.05) is 13.2 Å². The topological polar surface area (TPSA) is 48.7 Å². The zero-order chi connectivity index (χ0) is 16.4. The van der Waals surface area contributed by atoms with Gasteiger partial charge in [-0.3, -0.25) is 4.79 Å². The number of furan rings is 1. The van der Waals surface area contributed by atoms with E-state index in [-0.39, 0.29) is 18.5 Å². The monoisotopic (exact) mass is 324 g/mol. The summed E-state index contributed by atoms with van der Waals surface area (Å²) in [5.41, 5.74) is 1.67. The molecule has 124 valence electrons. The molecule has 24 heavy (non-hydrogen) atoms. The van der Waals surface area contributed by atoms with Crippen molar-refractivity contribution in [2.45, 2.75) is 31.8 Å². The van der Waals surface area contributed by atoms with Gasteiger partial charge in [0.05, 0.1) is 18.8 Å². The third kappa shape index (κ3) is 3.02. The van der Waals surface area contributed by atoms with Crippen LogP contribution in [0.15, 0.2) is 47.1 Å². The summed E-state index contributed by atoms with van der Waals surface area (Å²) in [6, 6.07) is 12.1. The van der Waals surface area contributed by atoms with Gasteiger partial charge in [-0.15, -0.1) is 0 Å². The van der Waals surface area contributed by atoms with Crippen LogP contribution in [0.5, 0.6) is 0 Å². The number of esters is 1. The van der Waals surface area contributed by atoms with Gasteiger partial charge in [0.2, 0.25) is 0 Å². The molecule has 1 unspecified atom stereocenters. The molecule has 1 saturated heterocycles. The molecule has 1 fully saturated rings. The normalized spacial score (nSPS) is 18.1. The van der Waals surface area contributed by atoms with Crippen molar-refractivity contribution in [1.82, 2.24) is 0 Å². The minimum atomic E-state index is -0.236. The van der Waals surface area contributed by atoms with Gasteiger partial charge in [-0.25, -0.2) is 0 Å². The summed E-state index contributed by atoms with van der Waals surface area (Å²) >= 11 is 0. The van der Waals surface area contributed by atoms with Gasteiger partial charge in [-0.05, 0) is 36.1 Å². The Kier molecular flexibility index (Phi) is 4.22. The highest BCUT2D eigenvalue weighted by Gasteiger charge is 2.18. The van der Waals surface area contributed by atoms with Crippen molar-refractivity contribution in [3.05, 3.63) is 48.2 Å². The highest BCUT2D eigenvalue weighted by atomic mass is 16.6. The minimum absolute atomic E-state index is 0.0459. The van der Waals surface area contributed by atoms with E-state index in [0.29, 0.717) is 6.61 Å². The first-order valence-electron chi connectivity index (χ1n) is 8.46. The average molecular weight is 324 g/mol. The number of ether oxygens (including phenoxy) is 2. The van der Waals surface area contributed by atoms with Crippen molar-refractivity contribution >= 4 is 27.7 Å². The highest BCUT2D eigenvalue weighted by Crippen LogP contribution is 2.30. The molecule has 0 bridgehead atoms. The van der Waals surface area contributed by atoms with Gasteiger partial charge in [-0.2, -0.15) is 0 Å². The first-order chi connectivity index (χ1) is 11.8. The zero-order valence-electron chi connectivity index (χ0n) is 13.5. The Morgan fingerprint density at radius 1 is 1.17 bits per heavy atom. The molecule has 1 aromatic heterocycles. The number of fused-ring (bicyclic) bond motifs is 3. The van der Waals surface area contributed by atoms with Gasteiger partial charge in [0, 0.05) is 17.6 Å². The van der Waals surface area contributed by atoms with Crippen LogP contribution in [0.2, 0.25) is 0 Å². The fourth-order valence-electron chi connectivity index (χ4n) is 3.34. The molecule has 0 N–H and O–H groups in total.